The number of urea groups is 1. The Kier molecular flexibility index (Phi) is 4.87. The highest BCUT2D eigenvalue weighted by atomic mass is 35.5. The summed E-state index contributed by atoms with van der Waals surface area (Å²) in [5.74, 6) is 2.14. The Bertz CT molecular complexity index is 1140. The van der Waals surface area contributed by atoms with Gasteiger partial charge in [-0.25, -0.2) is 19.4 Å². The number of amides is 2. The number of halogens is 2. The van der Waals surface area contributed by atoms with Crippen LogP contribution >= 0.6 is 23.2 Å². The molecule has 1 N–H and O–H groups in total. The molecule has 3 heterocycles. The molecule has 9 heteroatoms. The monoisotopic (exact) mass is 442 g/mol. The molecule has 0 spiro atoms. The van der Waals surface area contributed by atoms with E-state index in [1.54, 1.807) is 15.6 Å². The van der Waals surface area contributed by atoms with Crippen LogP contribution in [0.4, 0.5) is 10.6 Å². The molecule has 154 valence electrons. The van der Waals surface area contributed by atoms with Crippen molar-refractivity contribution in [1.29, 1.82) is 0 Å². The van der Waals surface area contributed by atoms with E-state index in [-0.39, 0.29) is 11.9 Å². The minimum atomic E-state index is -0.126. The Labute approximate surface area is 184 Å². The van der Waals surface area contributed by atoms with E-state index < -0.39 is 0 Å². The average Bonchev–Trinajstić information content (AvgIpc) is 3.36. The number of aryl methyl sites for hydroxylation is 1. The van der Waals surface area contributed by atoms with Gasteiger partial charge in [-0.05, 0) is 43.9 Å². The van der Waals surface area contributed by atoms with Gasteiger partial charge in [-0.3, -0.25) is 4.90 Å². The normalized spacial score (nSPS) is 18.4. The first-order chi connectivity index (χ1) is 14.5. The van der Waals surface area contributed by atoms with Crippen LogP contribution in [0.25, 0.3) is 5.82 Å². The fourth-order valence-electron chi connectivity index (χ4n) is 4.29. The van der Waals surface area contributed by atoms with Crippen molar-refractivity contribution in [2.45, 2.75) is 32.1 Å². The molecule has 1 saturated heterocycles. The van der Waals surface area contributed by atoms with Crippen LogP contribution in [0.2, 0.25) is 10.0 Å². The topological polar surface area (TPSA) is 75.9 Å². The summed E-state index contributed by atoms with van der Waals surface area (Å²) in [6.07, 6.45) is 4.68. The van der Waals surface area contributed by atoms with Gasteiger partial charge in [-0.2, -0.15) is 0 Å². The van der Waals surface area contributed by atoms with Crippen LogP contribution in [0, 0.1) is 6.92 Å². The van der Waals surface area contributed by atoms with Crippen molar-refractivity contribution in [3.8, 4) is 5.82 Å². The third kappa shape index (κ3) is 3.32. The van der Waals surface area contributed by atoms with Gasteiger partial charge >= 0.3 is 6.03 Å². The zero-order valence-electron chi connectivity index (χ0n) is 16.4. The van der Waals surface area contributed by atoms with Crippen molar-refractivity contribution in [1.82, 2.24) is 25.1 Å². The van der Waals surface area contributed by atoms with Gasteiger partial charge in [0.2, 0.25) is 0 Å². The smallest absolute Gasteiger partial charge is 0.323 e. The summed E-state index contributed by atoms with van der Waals surface area (Å²) >= 11 is 12.6. The van der Waals surface area contributed by atoms with Gasteiger partial charge in [0, 0.05) is 46.9 Å². The number of fused-ring (bicyclic) bond motifs is 1. The zero-order chi connectivity index (χ0) is 20.8. The van der Waals surface area contributed by atoms with Gasteiger partial charge in [-0.1, -0.05) is 29.3 Å². The van der Waals surface area contributed by atoms with Gasteiger partial charge in [0.05, 0.1) is 5.69 Å². The molecule has 2 amide bonds. The number of aromatic nitrogens is 4. The van der Waals surface area contributed by atoms with Crippen LogP contribution in [0.1, 0.15) is 41.4 Å². The molecule has 0 radical (unpaired) electrons. The summed E-state index contributed by atoms with van der Waals surface area (Å²) in [7, 11) is 0. The largest absolute Gasteiger partial charge is 0.336 e. The van der Waals surface area contributed by atoms with Gasteiger partial charge in [0.15, 0.2) is 11.6 Å². The molecule has 0 bridgehead atoms. The van der Waals surface area contributed by atoms with E-state index in [9.17, 15) is 4.79 Å². The van der Waals surface area contributed by atoms with E-state index in [0.717, 1.165) is 41.9 Å². The molecule has 2 aromatic heterocycles. The number of hydrogen-bond donors (Lipinski definition) is 1. The predicted molar refractivity (Wildman–Crippen MR) is 116 cm³/mol. The molecule has 1 aliphatic heterocycles. The molecular formula is C21H20Cl2N6O. The number of carbonyl (C=O) groups excluding carboxylic acids is 1. The standard InChI is InChI=1S/C21H20Cl2N6O/c1-12-25-19-15(14-6-5-13(22)11-17(14)23)3-2-4-16(19)20(26-12)29-9-7-18(27-29)28-10-8-24-21(28)30/h5-7,9,11,15H,2-4,8,10H2,1H3,(H,24,30). The number of benzene rings is 1. The third-order valence-corrected chi connectivity index (χ3v) is 6.20. The number of hydrogen-bond acceptors (Lipinski definition) is 4. The first-order valence-electron chi connectivity index (χ1n) is 9.95. The van der Waals surface area contributed by atoms with E-state index in [1.165, 1.54) is 0 Å². The highest BCUT2D eigenvalue weighted by molar-refractivity contribution is 6.35. The van der Waals surface area contributed by atoms with Crippen LogP contribution in [0.15, 0.2) is 30.5 Å². The van der Waals surface area contributed by atoms with E-state index in [1.807, 2.05) is 31.3 Å². The minimum absolute atomic E-state index is 0.0818. The second kappa shape index (κ2) is 7.56. The SMILES string of the molecule is Cc1nc2c(c(-n3ccc(N4CCNC4=O)n3)n1)CCCC2c1ccc(Cl)cc1Cl. The quantitative estimate of drug-likeness (QED) is 0.656. The number of nitrogens with zero attached hydrogens (tertiary/aromatic N) is 5. The van der Waals surface area contributed by atoms with Crippen molar-refractivity contribution in [3.05, 3.63) is 63.2 Å². The van der Waals surface area contributed by atoms with Crippen molar-refractivity contribution >= 4 is 35.1 Å². The van der Waals surface area contributed by atoms with E-state index >= 15 is 0 Å². The molecule has 1 atom stereocenters. The lowest BCUT2D eigenvalue weighted by Crippen LogP contribution is -2.28. The van der Waals surface area contributed by atoms with Gasteiger partial charge < -0.3 is 5.32 Å². The van der Waals surface area contributed by atoms with Crippen LogP contribution in [-0.4, -0.2) is 38.9 Å². The van der Waals surface area contributed by atoms with Crippen molar-refractivity contribution in [2.24, 2.45) is 0 Å². The lowest BCUT2D eigenvalue weighted by Gasteiger charge is -2.27. The second-order valence-electron chi connectivity index (χ2n) is 7.57. The fourth-order valence-corrected chi connectivity index (χ4v) is 4.83. The summed E-state index contributed by atoms with van der Waals surface area (Å²) in [5, 5.41) is 8.71. The summed E-state index contributed by atoms with van der Waals surface area (Å²) < 4.78 is 1.75. The van der Waals surface area contributed by atoms with Gasteiger partial charge in [-0.15, -0.1) is 5.10 Å². The molecule has 1 fully saturated rings. The lowest BCUT2D eigenvalue weighted by atomic mass is 9.82. The Balaban J connectivity index is 1.58. The Hall–Kier alpha value is -2.64. The van der Waals surface area contributed by atoms with E-state index in [2.05, 4.69) is 10.4 Å². The molecule has 1 unspecified atom stereocenters. The average molecular weight is 443 g/mol. The van der Waals surface area contributed by atoms with Crippen molar-refractivity contribution in [3.63, 3.8) is 0 Å². The second-order valence-corrected chi connectivity index (χ2v) is 8.41. The molecule has 30 heavy (non-hydrogen) atoms. The maximum atomic E-state index is 12.0. The zero-order valence-corrected chi connectivity index (χ0v) is 17.9. The van der Waals surface area contributed by atoms with E-state index in [4.69, 9.17) is 33.2 Å². The maximum Gasteiger partial charge on any atom is 0.323 e. The first-order valence-corrected chi connectivity index (χ1v) is 10.7. The molecule has 1 aliphatic carbocycles. The molecule has 3 aromatic rings. The summed E-state index contributed by atoms with van der Waals surface area (Å²) in [5.41, 5.74) is 3.09. The highest BCUT2D eigenvalue weighted by Crippen LogP contribution is 2.40. The fraction of sp³-hybridized carbons (Fsp3) is 0.333. The summed E-state index contributed by atoms with van der Waals surface area (Å²) in [6.45, 7) is 3.11. The first kappa shape index (κ1) is 19.3. The van der Waals surface area contributed by atoms with Crippen LogP contribution in [0.5, 0.6) is 0 Å². The lowest BCUT2D eigenvalue weighted by molar-refractivity contribution is 0.252. The Morgan fingerprint density at radius 1 is 1.20 bits per heavy atom. The number of nitrogens with one attached hydrogen (secondary N) is 1. The number of rotatable bonds is 3. The number of anilines is 1. The van der Waals surface area contributed by atoms with Crippen molar-refractivity contribution in [2.75, 3.05) is 18.0 Å². The summed E-state index contributed by atoms with van der Waals surface area (Å²) in [4.78, 5) is 23.1. The molecule has 7 nitrogen and oxygen atoms in total. The molecule has 1 aromatic carbocycles. The van der Waals surface area contributed by atoms with Crippen molar-refractivity contribution < 1.29 is 4.79 Å². The molecule has 2 aliphatic rings. The molecular weight excluding hydrogens is 423 g/mol. The predicted octanol–water partition coefficient (Wildman–Crippen LogP) is 4.28. The Morgan fingerprint density at radius 2 is 2.07 bits per heavy atom. The summed E-state index contributed by atoms with van der Waals surface area (Å²) in [6, 6.07) is 7.35. The van der Waals surface area contributed by atoms with E-state index in [0.29, 0.717) is 34.8 Å². The third-order valence-electron chi connectivity index (χ3n) is 5.64. The van der Waals surface area contributed by atoms with Gasteiger partial charge in [0.25, 0.3) is 0 Å². The van der Waals surface area contributed by atoms with Crippen LogP contribution in [0.3, 0.4) is 0 Å². The van der Waals surface area contributed by atoms with Crippen LogP contribution in [-0.2, 0) is 6.42 Å². The molecule has 5 rings (SSSR count). The van der Waals surface area contributed by atoms with Crippen LogP contribution < -0.4 is 10.2 Å². The molecule has 0 saturated carbocycles. The highest BCUT2D eigenvalue weighted by Gasteiger charge is 2.29. The maximum absolute atomic E-state index is 12.0. The Morgan fingerprint density at radius 3 is 2.83 bits per heavy atom. The minimum Gasteiger partial charge on any atom is -0.336 e. The van der Waals surface area contributed by atoms with Gasteiger partial charge in [0.1, 0.15) is 5.82 Å². The number of carbonyl (C=O) groups is 1.